The van der Waals surface area contributed by atoms with Gasteiger partial charge in [-0.05, 0) is 18.2 Å². The maximum absolute atomic E-state index is 12.0. The van der Waals surface area contributed by atoms with Crippen molar-refractivity contribution < 1.29 is 14.3 Å². The molecule has 6 heteroatoms. The van der Waals surface area contributed by atoms with Gasteiger partial charge >= 0.3 is 0 Å². The second-order valence-electron chi connectivity index (χ2n) is 4.51. The Balaban J connectivity index is 1.77. The van der Waals surface area contributed by atoms with E-state index < -0.39 is 0 Å². The number of nitrogen functional groups attached to an aromatic ring is 1. The molecule has 0 atom stereocenters. The van der Waals surface area contributed by atoms with Crippen LogP contribution in [0, 0.1) is 0 Å². The van der Waals surface area contributed by atoms with Crippen molar-refractivity contribution in [3.05, 3.63) is 36.2 Å². The molecule has 0 bridgehead atoms. The molecule has 0 saturated heterocycles. The first-order valence-corrected chi connectivity index (χ1v) is 6.37. The number of carbonyl (C=O) groups is 1. The monoisotopic (exact) mass is 273 g/mol. The minimum absolute atomic E-state index is 0.254. The smallest absolute Gasteiger partial charge is 0.272 e. The lowest BCUT2D eigenvalue weighted by atomic mass is 10.2. The number of H-pyrrole nitrogens is 1. The fraction of sp³-hybridized carbons (Fsp3) is 0.214. The van der Waals surface area contributed by atoms with Crippen molar-refractivity contribution >= 4 is 17.3 Å². The highest BCUT2D eigenvalue weighted by atomic mass is 16.5. The van der Waals surface area contributed by atoms with E-state index in [1.165, 1.54) is 0 Å². The predicted molar refractivity (Wildman–Crippen MR) is 75.2 cm³/mol. The van der Waals surface area contributed by atoms with Crippen LogP contribution < -0.4 is 20.5 Å². The van der Waals surface area contributed by atoms with Gasteiger partial charge in [-0.25, -0.2) is 0 Å². The average Bonchev–Trinajstić information content (AvgIpc) is 2.74. The van der Waals surface area contributed by atoms with Crippen molar-refractivity contribution in [1.29, 1.82) is 0 Å². The molecule has 0 unspecified atom stereocenters. The van der Waals surface area contributed by atoms with E-state index in [2.05, 4.69) is 10.3 Å². The number of ether oxygens (including phenoxy) is 2. The van der Waals surface area contributed by atoms with Gasteiger partial charge in [0, 0.05) is 30.1 Å². The summed E-state index contributed by atoms with van der Waals surface area (Å²) in [6, 6.07) is 6.90. The molecule has 1 amide bonds. The zero-order valence-corrected chi connectivity index (χ0v) is 10.8. The van der Waals surface area contributed by atoms with Crippen LogP contribution in [0.5, 0.6) is 11.5 Å². The molecular formula is C14H15N3O3. The quantitative estimate of drug-likeness (QED) is 0.780. The number of aromatic amines is 1. The van der Waals surface area contributed by atoms with E-state index in [4.69, 9.17) is 15.2 Å². The molecule has 2 heterocycles. The minimum Gasteiger partial charge on any atom is -0.490 e. The molecule has 104 valence electrons. The van der Waals surface area contributed by atoms with E-state index in [9.17, 15) is 4.79 Å². The van der Waals surface area contributed by atoms with Crippen LogP contribution in [0.2, 0.25) is 0 Å². The topological polar surface area (TPSA) is 89.4 Å². The van der Waals surface area contributed by atoms with E-state index in [0.717, 1.165) is 6.42 Å². The average molecular weight is 273 g/mol. The fourth-order valence-electron chi connectivity index (χ4n) is 1.98. The summed E-state index contributed by atoms with van der Waals surface area (Å²) < 4.78 is 11.1. The number of rotatable bonds is 2. The first-order chi connectivity index (χ1) is 9.72. The second-order valence-corrected chi connectivity index (χ2v) is 4.51. The number of anilines is 2. The molecule has 1 aromatic carbocycles. The highest BCUT2D eigenvalue weighted by Gasteiger charge is 2.13. The molecule has 6 nitrogen and oxygen atoms in total. The third kappa shape index (κ3) is 2.54. The normalized spacial score (nSPS) is 13.6. The number of hydrogen-bond donors (Lipinski definition) is 3. The second kappa shape index (κ2) is 5.16. The number of amides is 1. The van der Waals surface area contributed by atoms with Gasteiger partial charge in [0.15, 0.2) is 11.5 Å². The summed E-state index contributed by atoms with van der Waals surface area (Å²) in [6.07, 6.45) is 2.42. The van der Waals surface area contributed by atoms with Gasteiger partial charge in [0.2, 0.25) is 0 Å². The highest BCUT2D eigenvalue weighted by molar-refractivity contribution is 6.03. The summed E-state index contributed by atoms with van der Waals surface area (Å²) >= 11 is 0. The maximum atomic E-state index is 12.0. The van der Waals surface area contributed by atoms with Crippen LogP contribution in [0.3, 0.4) is 0 Å². The van der Waals surface area contributed by atoms with Crippen molar-refractivity contribution in [1.82, 2.24) is 4.98 Å². The van der Waals surface area contributed by atoms with Crippen molar-refractivity contribution in [2.75, 3.05) is 24.3 Å². The van der Waals surface area contributed by atoms with Crippen LogP contribution in [0.1, 0.15) is 16.9 Å². The highest BCUT2D eigenvalue weighted by Crippen LogP contribution is 2.32. The first kappa shape index (κ1) is 12.4. The van der Waals surface area contributed by atoms with Crippen LogP contribution >= 0.6 is 0 Å². The summed E-state index contributed by atoms with van der Waals surface area (Å²) in [7, 11) is 0. The SMILES string of the molecule is Nc1c[nH]c(C(=O)Nc2ccc3c(c2)OCCCO3)c1. The van der Waals surface area contributed by atoms with Crippen LogP contribution in [-0.4, -0.2) is 24.1 Å². The van der Waals surface area contributed by atoms with E-state index in [1.807, 2.05) is 0 Å². The summed E-state index contributed by atoms with van der Waals surface area (Å²) in [5.74, 6) is 1.09. The molecule has 4 N–H and O–H groups in total. The Bertz CT molecular complexity index is 636. The van der Waals surface area contributed by atoms with Crippen LogP contribution in [0.4, 0.5) is 11.4 Å². The molecule has 0 radical (unpaired) electrons. The molecule has 1 aliphatic heterocycles. The molecule has 1 aliphatic rings. The maximum Gasteiger partial charge on any atom is 0.272 e. The van der Waals surface area contributed by atoms with Crippen molar-refractivity contribution in [3.63, 3.8) is 0 Å². The van der Waals surface area contributed by atoms with Crippen LogP contribution in [-0.2, 0) is 0 Å². The van der Waals surface area contributed by atoms with Crippen molar-refractivity contribution in [2.24, 2.45) is 0 Å². The van der Waals surface area contributed by atoms with Gasteiger partial charge in [-0.3, -0.25) is 4.79 Å². The Morgan fingerprint density at radius 1 is 1.20 bits per heavy atom. The summed E-state index contributed by atoms with van der Waals surface area (Å²) in [6.45, 7) is 1.25. The lowest BCUT2D eigenvalue weighted by Crippen LogP contribution is -2.12. The van der Waals surface area contributed by atoms with E-state index in [-0.39, 0.29) is 5.91 Å². The molecule has 20 heavy (non-hydrogen) atoms. The van der Waals surface area contributed by atoms with Crippen molar-refractivity contribution in [2.45, 2.75) is 6.42 Å². The predicted octanol–water partition coefficient (Wildman–Crippen LogP) is 2.01. The molecule has 0 spiro atoms. The van der Waals surface area contributed by atoms with E-state index >= 15 is 0 Å². The Morgan fingerprint density at radius 3 is 2.75 bits per heavy atom. The van der Waals surface area contributed by atoms with E-state index in [0.29, 0.717) is 41.8 Å². The lowest BCUT2D eigenvalue weighted by molar-refractivity contribution is 0.102. The number of benzene rings is 1. The lowest BCUT2D eigenvalue weighted by Gasteiger charge is -2.10. The van der Waals surface area contributed by atoms with Gasteiger partial charge in [-0.15, -0.1) is 0 Å². The fourth-order valence-corrected chi connectivity index (χ4v) is 1.98. The van der Waals surface area contributed by atoms with Gasteiger partial charge in [-0.1, -0.05) is 0 Å². The Morgan fingerprint density at radius 2 is 2.00 bits per heavy atom. The number of nitrogens with one attached hydrogen (secondary N) is 2. The van der Waals surface area contributed by atoms with Gasteiger partial charge in [0.25, 0.3) is 5.91 Å². The molecule has 0 aliphatic carbocycles. The summed E-state index contributed by atoms with van der Waals surface area (Å²) in [5.41, 5.74) is 7.15. The summed E-state index contributed by atoms with van der Waals surface area (Å²) in [5, 5.41) is 2.78. The molecule has 1 aromatic heterocycles. The first-order valence-electron chi connectivity index (χ1n) is 6.37. The Kier molecular flexibility index (Phi) is 3.20. The minimum atomic E-state index is -0.254. The van der Waals surface area contributed by atoms with Crippen LogP contribution in [0.15, 0.2) is 30.5 Å². The third-order valence-corrected chi connectivity index (χ3v) is 2.96. The largest absolute Gasteiger partial charge is 0.490 e. The van der Waals surface area contributed by atoms with Gasteiger partial charge in [0.05, 0.1) is 13.2 Å². The van der Waals surface area contributed by atoms with Gasteiger partial charge < -0.3 is 25.5 Å². The third-order valence-electron chi connectivity index (χ3n) is 2.96. The number of hydrogen-bond acceptors (Lipinski definition) is 4. The number of aromatic nitrogens is 1. The molecule has 2 aromatic rings. The Labute approximate surface area is 115 Å². The van der Waals surface area contributed by atoms with Gasteiger partial charge in [0.1, 0.15) is 5.69 Å². The zero-order valence-electron chi connectivity index (χ0n) is 10.8. The standard InChI is InChI=1S/C14H15N3O3/c15-9-6-11(16-8-9)14(18)17-10-2-3-12-13(7-10)20-5-1-4-19-12/h2-3,6-8,16H,1,4-5,15H2,(H,17,18). The van der Waals surface area contributed by atoms with Crippen molar-refractivity contribution in [3.8, 4) is 11.5 Å². The number of fused-ring (bicyclic) bond motifs is 1. The number of carbonyl (C=O) groups excluding carboxylic acids is 1. The number of nitrogens with two attached hydrogens (primary N) is 1. The molecule has 0 fully saturated rings. The van der Waals surface area contributed by atoms with Crippen LogP contribution in [0.25, 0.3) is 0 Å². The Hall–Kier alpha value is -2.63. The molecule has 0 saturated carbocycles. The van der Waals surface area contributed by atoms with Gasteiger partial charge in [-0.2, -0.15) is 0 Å². The summed E-state index contributed by atoms with van der Waals surface area (Å²) in [4.78, 5) is 14.8. The van der Waals surface area contributed by atoms with E-state index in [1.54, 1.807) is 30.5 Å². The molecule has 3 rings (SSSR count). The molecular weight excluding hydrogens is 258 g/mol. The zero-order chi connectivity index (χ0) is 13.9.